The summed E-state index contributed by atoms with van der Waals surface area (Å²) in [5.74, 6) is 1.35. The average Bonchev–Trinajstić information content (AvgIpc) is 2.53. The highest BCUT2D eigenvalue weighted by atomic mass is 16.6. The molecule has 1 aliphatic heterocycles. The fourth-order valence-electron chi connectivity index (χ4n) is 3.67. The third-order valence-electron chi connectivity index (χ3n) is 4.56. The molecule has 2 aromatic heterocycles. The van der Waals surface area contributed by atoms with Crippen LogP contribution < -0.4 is 10.9 Å². The normalized spacial score (nSPS) is 21.4. The fraction of sp³-hybridized carbons (Fsp3) is 0.529. The monoisotopic (exact) mass is 345 g/mol. The second kappa shape index (κ2) is 7.18. The van der Waals surface area contributed by atoms with Gasteiger partial charge in [0, 0.05) is 32.4 Å². The molecule has 3 heterocycles. The Morgan fingerprint density at radius 1 is 1.32 bits per heavy atom. The Morgan fingerprint density at radius 3 is 2.72 bits per heavy atom. The molecule has 3 rings (SSSR count). The van der Waals surface area contributed by atoms with Gasteiger partial charge in [0.05, 0.1) is 4.92 Å². The summed E-state index contributed by atoms with van der Waals surface area (Å²) in [7, 11) is 0. The predicted octanol–water partition coefficient (Wildman–Crippen LogP) is 1.99. The number of fused-ring (bicyclic) bond motifs is 1. The lowest BCUT2D eigenvalue weighted by Gasteiger charge is -2.34. The molecule has 1 aliphatic rings. The molecule has 2 atom stereocenters. The van der Waals surface area contributed by atoms with Crippen molar-refractivity contribution in [2.45, 2.75) is 20.3 Å². The van der Waals surface area contributed by atoms with Gasteiger partial charge in [0.2, 0.25) is 5.82 Å². The van der Waals surface area contributed by atoms with Crippen molar-refractivity contribution in [3.63, 3.8) is 0 Å². The molecule has 0 saturated carbocycles. The van der Waals surface area contributed by atoms with Crippen LogP contribution in [0.4, 0.5) is 11.5 Å². The number of nitro groups is 1. The van der Waals surface area contributed by atoms with Gasteiger partial charge in [0.25, 0.3) is 0 Å². The lowest BCUT2D eigenvalue weighted by atomic mass is 9.92. The molecule has 0 unspecified atom stereocenters. The first-order chi connectivity index (χ1) is 12.0. The Hall–Kier alpha value is -2.48. The second-order valence-electron chi connectivity index (χ2n) is 6.93. The summed E-state index contributed by atoms with van der Waals surface area (Å²) in [6, 6.07) is 5.05. The van der Waals surface area contributed by atoms with E-state index < -0.39 is 16.2 Å². The maximum atomic E-state index is 12.4. The van der Waals surface area contributed by atoms with E-state index in [4.69, 9.17) is 0 Å². The fourth-order valence-corrected chi connectivity index (χ4v) is 3.67. The SMILES string of the molecule is C[C@@H]1C[C@@H](C)CN(CCNc2nc3ccccn3c(=O)c2[N+](=O)[O-])C1. The topological polar surface area (TPSA) is 92.8 Å². The highest BCUT2D eigenvalue weighted by Gasteiger charge is 2.24. The molecule has 8 heteroatoms. The van der Waals surface area contributed by atoms with E-state index in [1.54, 1.807) is 18.2 Å². The summed E-state index contributed by atoms with van der Waals surface area (Å²) >= 11 is 0. The number of aromatic nitrogens is 2. The predicted molar refractivity (Wildman–Crippen MR) is 96.0 cm³/mol. The van der Waals surface area contributed by atoms with E-state index in [1.165, 1.54) is 17.0 Å². The first-order valence-electron chi connectivity index (χ1n) is 8.57. The maximum Gasteiger partial charge on any atom is 0.376 e. The van der Waals surface area contributed by atoms with E-state index in [2.05, 4.69) is 29.0 Å². The van der Waals surface area contributed by atoms with E-state index in [1.807, 2.05) is 0 Å². The standard InChI is InChI=1S/C17H23N5O3/c1-12-9-13(2)11-20(10-12)8-6-18-16-15(22(24)25)17(23)21-7-4-3-5-14(21)19-16/h3-5,7,12-13,18H,6,8-11H2,1-2H3/t12-,13-/m1/s1. The van der Waals surface area contributed by atoms with Crippen LogP contribution in [-0.4, -0.2) is 45.4 Å². The zero-order valence-electron chi connectivity index (χ0n) is 14.5. The molecule has 0 aliphatic carbocycles. The number of nitrogens with zero attached hydrogens (tertiary/aromatic N) is 4. The van der Waals surface area contributed by atoms with Crippen LogP contribution >= 0.6 is 0 Å². The second-order valence-corrected chi connectivity index (χ2v) is 6.93. The van der Waals surface area contributed by atoms with Crippen LogP contribution in [0.5, 0.6) is 0 Å². The van der Waals surface area contributed by atoms with Crippen molar-refractivity contribution in [3.8, 4) is 0 Å². The number of pyridine rings is 1. The van der Waals surface area contributed by atoms with Gasteiger partial charge in [0.1, 0.15) is 5.65 Å². The van der Waals surface area contributed by atoms with Crippen LogP contribution in [0.3, 0.4) is 0 Å². The van der Waals surface area contributed by atoms with Gasteiger partial charge >= 0.3 is 11.2 Å². The number of anilines is 1. The van der Waals surface area contributed by atoms with Gasteiger partial charge in [-0.25, -0.2) is 4.98 Å². The Morgan fingerprint density at radius 2 is 2.04 bits per heavy atom. The summed E-state index contributed by atoms with van der Waals surface area (Å²) in [5, 5.41) is 14.3. The highest BCUT2D eigenvalue weighted by Crippen LogP contribution is 2.21. The number of hydrogen-bond acceptors (Lipinski definition) is 6. The van der Waals surface area contributed by atoms with E-state index in [9.17, 15) is 14.9 Å². The lowest BCUT2D eigenvalue weighted by molar-refractivity contribution is -0.385. The van der Waals surface area contributed by atoms with Crippen molar-refractivity contribution in [1.29, 1.82) is 0 Å². The summed E-state index contributed by atoms with van der Waals surface area (Å²) in [6.45, 7) is 7.82. The molecule has 25 heavy (non-hydrogen) atoms. The van der Waals surface area contributed by atoms with Crippen LogP contribution in [-0.2, 0) is 0 Å². The summed E-state index contributed by atoms with van der Waals surface area (Å²) in [6.07, 6.45) is 2.72. The van der Waals surface area contributed by atoms with Gasteiger partial charge in [-0.1, -0.05) is 19.9 Å². The molecular formula is C17H23N5O3. The Bertz CT molecular complexity index is 825. The largest absolute Gasteiger partial charge is 0.376 e. The van der Waals surface area contributed by atoms with Crippen molar-refractivity contribution in [3.05, 3.63) is 44.9 Å². The van der Waals surface area contributed by atoms with Crippen molar-refractivity contribution in [1.82, 2.24) is 14.3 Å². The Kier molecular flexibility index (Phi) is 4.98. The molecule has 0 aromatic carbocycles. The first-order valence-corrected chi connectivity index (χ1v) is 8.57. The number of hydrogen-bond donors (Lipinski definition) is 1. The molecule has 0 bridgehead atoms. The molecule has 1 N–H and O–H groups in total. The quantitative estimate of drug-likeness (QED) is 0.658. The van der Waals surface area contributed by atoms with E-state index >= 15 is 0 Å². The zero-order chi connectivity index (χ0) is 18.0. The van der Waals surface area contributed by atoms with Gasteiger partial charge in [-0.3, -0.25) is 19.3 Å². The van der Waals surface area contributed by atoms with E-state index in [0.29, 0.717) is 24.0 Å². The van der Waals surface area contributed by atoms with Crippen molar-refractivity contribution in [2.75, 3.05) is 31.5 Å². The summed E-state index contributed by atoms with van der Waals surface area (Å²) < 4.78 is 1.19. The van der Waals surface area contributed by atoms with Crippen LogP contribution in [0, 0.1) is 22.0 Å². The van der Waals surface area contributed by atoms with Crippen LogP contribution in [0.25, 0.3) is 5.65 Å². The molecule has 0 amide bonds. The minimum atomic E-state index is -0.668. The Labute approximate surface area is 145 Å². The molecule has 2 aromatic rings. The minimum Gasteiger partial charge on any atom is -0.363 e. The first kappa shape index (κ1) is 17.3. The van der Waals surface area contributed by atoms with Gasteiger partial charge in [-0.2, -0.15) is 0 Å². The van der Waals surface area contributed by atoms with Gasteiger partial charge in [0.15, 0.2) is 0 Å². The number of rotatable bonds is 5. The smallest absolute Gasteiger partial charge is 0.363 e. The molecular weight excluding hydrogens is 322 g/mol. The molecule has 1 fully saturated rings. The summed E-state index contributed by atoms with van der Waals surface area (Å²) in [4.78, 5) is 29.7. The average molecular weight is 345 g/mol. The van der Waals surface area contributed by atoms with Gasteiger partial charge in [-0.05, 0) is 30.4 Å². The number of piperidine rings is 1. The van der Waals surface area contributed by atoms with Crippen LogP contribution in [0.1, 0.15) is 20.3 Å². The molecule has 0 radical (unpaired) electrons. The molecule has 134 valence electrons. The third-order valence-corrected chi connectivity index (χ3v) is 4.56. The number of likely N-dealkylation sites (tertiary alicyclic amines) is 1. The summed E-state index contributed by atoms with van der Waals surface area (Å²) in [5.41, 5.74) is -0.789. The van der Waals surface area contributed by atoms with Crippen LogP contribution in [0.15, 0.2) is 29.2 Å². The van der Waals surface area contributed by atoms with Crippen LogP contribution in [0.2, 0.25) is 0 Å². The Balaban J connectivity index is 1.78. The van der Waals surface area contributed by atoms with Gasteiger partial charge < -0.3 is 10.2 Å². The highest BCUT2D eigenvalue weighted by molar-refractivity contribution is 5.59. The van der Waals surface area contributed by atoms with E-state index in [-0.39, 0.29) is 5.82 Å². The zero-order valence-corrected chi connectivity index (χ0v) is 14.5. The van der Waals surface area contributed by atoms with Crippen molar-refractivity contribution >= 4 is 17.2 Å². The molecule has 1 saturated heterocycles. The lowest BCUT2D eigenvalue weighted by Crippen LogP contribution is -2.41. The van der Waals surface area contributed by atoms with Crippen molar-refractivity contribution in [2.24, 2.45) is 11.8 Å². The third kappa shape index (κ3) is 3.79. The van der Waals surface area contributed by atoms with E-state index in [0.717, 1.165) is 19.6 Å². The van der Waals surface area contributed by atoms with Crippen molar-refractivity contribution < 1.29 is 4.92 Å². The minimum absolute atomic E-state index is 0.0410. The van der Waals surface area contributed by atoms with Gasteiger partial charge in [-0.15, -0.1) is 0 Å². The molecule has 0 spiro atoms. The maximum absolute atomic E-state index is 12.4. The molecule has 8 nitrogen and oxygen atoms in total. The number of nitrogens with one attached hydrogen (secondary N) is 1.